The number of hydrogen-bond donors (Lipinski definition) is 1. The second-order valence-electron chi connectivity index (χ2n) is 4.23. The van der Waals surface area contributed by atoms with Gasteiger partial charge in [0.25, 0.3) is 0 Å². The third kappa shape index (κ3) is 5.47. The van der Waals surface area contributed by atoms with Crippen LogP contribution < -0.4 is 4.72 Å². The molecule has 1 aromatic rings. The minimum atomic E-state index is -3.58. The van der Waals surface area contributed by atoms with Crippen LogP contribution in [-0.4, -0.2) is 34.7 Å². The maximum absolute atomic E-state index is 11.8. The fourth-order valence-electron chi connectivity index (χ4n) is 1.42. The van der Waals surface area contributed by atoms with Crippen molar-refractivity contribution in [2.45, 2.75) is 17.7 Å². The van der Waals surface area contributed by atoms with Crippen molar-refractivity contribution in [2.75, 3.05) is 22.6 Å². The Morgan fingerprint density at radius 2 is 1.80 bits per heavy atom. The number of anilines is 1. The molecule has 5 nitrogen and oxygen atoms in total. The Balaban J connectivity index is 2.97. The van der Waals surface area contributed by atoms with Crippen molar-refractivity contribution in [3.8, 4) is 0 Å². The fraction of sp³-hybridized carbons (Fsp3) is 0.455. The normalized spacial score (nSPS) is 12.3. The summed E-state index contributed by atoms with van der Waals surface area (Å²) >= 11 is 11.4. The first-order valence-electron chi connectivity index (χ1n) is 5.72. The molecular formula is C11H15Cl2NO4S2. The molecule has 1 rings (SSSR count). The molecule has 0 spiro atoms. The molecule has 0 aliphatic carbocycles. The zero-order valence-electron chi connectivity index (χ0n) is 10.8. The summed E-state index contributed by atoms with van der Waals surface area (Å²) in [5.74, 6) is 0.291. The SMILES string of the molecule is CS(=O)(=O)c1ccc(Cl)c(NS(=O)(=O)CCCCCl)c1. The Morgan fingerprint density at radius 3 is 2.35 bits per heavy atom. The smallest absolute Gasteiger partial charge is 0.232 e. The Kier molecular flexibility index (Phi) is 6.12. The third-order valence-corrected chi connectivity index (χ3v) is 5.49. The second kappa shape index (κ2) is 6.98. The minimum Gasteiger partial charge on any atom is -0.282 e. The number of benzene rings is 1. The summed E-state index contributed by atoms with van der Waals surface area (Å²) in [5.41, 5.74) is 0.0560. The number of sulfonamides is 1. The van der Waals surface area contributed by atoms with Crippen LogP contribution in [0.1, 0.15) is 12.8 Å². The molecule has 0 aromatic heterocycles. The lowest BCUT2D eigenvalue weighted by molar-refractivity contribution is 0.596. The molecule has 9 heteroatoms. The van der Waals surface area contributed by atoms with E-state index in [2.05, 4.69) is 4.72 Å². The van der Waals surface area contributed by atoms with Crippen LogP contribution in [0.2, 0.25) is 5.02 Å². The molecule has 1 aromatic carbocycles. The minimum absolute atomic E-state index is 0.000332. The van der Waals surface area contributed by atoms with Crippen LogP contribution in [-0.2, 0) is 19.9 Å². The number of halogens is 2. The van der Waals surface area contributed by atoms with Gasteiger partial charge in [-0.3, -0.25) is 4.72 Å². The molecule has 0 amide bonds. The Morgan fingerprint density at radius 1 is 1.15 bits per heavy atom. The molecule has 114 valence electrons. The van der Waals surface area contributed by atoms with Crippen molar-refractivity contribution in [1.29, 1.82) is 0 Å². The molecule has 0 aliphatic rings. The van der Waals surface area contributed by atoms with Gasteiger partial charge in [-0.25, -0.2) is 16.8 Å². The van der Waals surface area contributed by atoms with E-state index in [0.717, 1.165) is 6.26 Å². The Hall–Kier alpha value is -0.500. The van der Waals surface area contributed by atoms with Gasteiger partial charge in [0.05, 0.1) is 21.4 Å². The highest BCUT2D eigenvalue weighted by atomic mass is 35.5. The van der Waals surface area contributed by atoms with Crippen molar-refractivity contribution in [3.05, 3.63) is 23.2 Å². The van der Waals surface area contributed by atoms with Crippen LogP contribution in [0.5, 0.6) is 0 Å². The van der Waals surface area contributed by atoms with E-state index in [-0.39, 0.29) is 21.4 Å². The quantitative estimate of drug-likeness (QED) is 0.598. The topological polar surface area (TPSA) is 80.3 Å². The molecule has 0 fully saturated rings. The van der Waals surface area contributed by atoms with Gasteiger partial charge in [-0.05, 0) is 31.0 Å². The Labute approximate surface area is 129 Å². The molecule has 0 unspecified atom stereocenters. The standard InChI is InChI=1S/C11H15Cl2NO4S2/c1-19(15,16)9-4-5-10(13)11(8-9)14-20(17,18)7-3-2-6-12/h4-5,8,14H,2-3,6-7H2,1H3. The van der Waals surface area contributed by atoms with Gasteiger partial charge >= 0.3 is 0 Å². The Bertz CT molecular complexity index is 672. The van der Waals surface area contributed by atoms with E-state index in [1.165, 1.54) is 18.2 Å². The molecular weight excluding hydrogens is 345 g/mol. The molecule has 0 aliphatic heterocycles. The van der Waals surface area contributed by atoms with Crippen LogP contribution in [0.25, 0.3) is 0 Å². The van der Waals surface area contributed by atoms with Crippen molar-refractivity contribution < 1.29 is 16.8 Å². The lowest BCUT2D eigenvalue weighted by Gasteiger charge is -2.10. The summed E-state index contributed by atoms with van der Waals surface area (Å²) < 4.78 is 48.8. The number of hydrogen-bond acceptors (Lipinski definition) is 4. The number of unbranched alkanes of at least 4 members (excludes halogenated alkanes) is 1. The van der Waals surface area contributed by atoms with Crippen LogP contribution in [0.15, 0.2) is 23.1 Å². The molecule has 0 heterocycles. The number of rotatable bonds is 7. The van der Waals surface area contributed by atoms with E-state index in [1.807, 2.05) is 0 Å². The van der Waals surface area contributed by atoms with E-state index in [9.17, 15) is 16.8 Å². The first-order chi connectivity index (χ1) is 9.15. The van der Waals surface area contributed by atoms with E-state index in [0.29, 0.717) is 18.7 Å². The first kappa shape index (κ1) is 17.6. The van der Waals surface area contributed by atoms with Gasteiger partial charge in [-0.1, -0.05) is 11.6 Å². The van der Waals surface area contributed by atoms with Gasteiger partial charge < -0.3 is 0 Å². The molecule has 0 bridgehead atoms. The zero-order chi connectivity index (χ0) is 15.4. The van der Waals surface area contributed by atoms with Crippen LogP contribution >= 0.6 is 23.2 Å². The van der Waals surface area contributed by atoms with Crippen LogP contribution in [0, 0.1) is 0 Å². The molecule has 20 heavy (non-hydrogen) atoms. The highest BCUT2D eigenvalue weighted by Gasteiger charge is 2.15. The maximum Gasteiger partial charge on any atom is 0.232 e. The summed E-state index contributed by atoms with van der Waals surface area (Å²) in [7, 11) is -7.01. The average molecular weight is 360 g/mol. The predicted molar refractivity (Wildman–Crippen MR) is 81.9 cm³/mol. The van der Waals surface area contributed by atoms with Gasteiger partial charge in [0.2, 0.25) is 10.0 Å². The number of alkyl halides is 1. The van der Waals surface area contributed by atoms with Gasteiger partial charge in [0.15, 0.2) is 9.84 Å². The summed E-state index contributed by atoms with van der Waals surface area (Å²) in [4.78, 5) is 0.000332. The molecule has 0 radical (unpaired) electrons. The number of nitrogens with one attached hydrogen (secondary N) is 1. The lowest BCUT2D eigenvalue weighted by Crippen LogP contribution is -2.17. The van der Waals surface area contributed by atoms with E-state index in [4.69, 9.17) is 23.2 Å². The molecule has 1 N–H and O–H groups in total. The van der Waals surface area contributed by atoms with Gasteiger partial charge in [0, 0.05) is 12.1 Å². The average Bonchev–Trinajstić information content (AvgIpc) is 2.30. The summed E-state index contributed by atoms with van der Waals surface area (Å²) in [6.07, 6.45) is 2.04. The highest BCUT2D eigenvalue weighted by molar-refractivity contribution is 7.92. The van der Waals surface area contributed by atoms with Crippen molar-refractivity contribution in [3.63, 3.8) is 0 Å². The largest absolute Gasteiger partial charge is 0.282 e. The van der Waals surface area contributed by atoms with Gasteiger partial charge in [-0.2, -0.15) is 0 Å². The maximum atomic E-state index is 11.8. The second-order valence-corrected chi connectivity index (χ2v) is 8.87. The van der Waals surface area contributed by atoms with E-state index >= 15 is 0 Å². The first-order valence-corrected chi connectivity index (χ1v) is 10.2. The van der Waals surface area contributed by atoms with Gasteiger partial charge in [0.1, 0.15) is 0 Å². The van der Waals surface area contributed by atoms with E-state index < -0.39 is 19.9 Å². The number of sulfone groups is 1. The van der Waals surface area contributed by atoms with Gasteiger partial charge in [-0.15, -0.1) is 11.6 Å². The van der Waals surface area contributed by atoms with Crippen molar-refractivity contribution in [1.82, 2.24) is 0 Å². The summed E-state index contributed by atoms with van der Waals surface area (Å²) in [6.45, 7) is 0. The van der Waals surface area contributed by atoms with E-state index in [1.54, 1.807) is 0 Å². The molecule has 0 saturated heterocycles. The molecule has 0 atom stereocenters. The fourth-order valence-corrected chi connectivity index (χ4v) is 3.67. The van der Waals surface area contributed by atoms with Crippen molar-refractivity contribution in [2.24, 2.45) is 0 Å². The lowest BCUT2D eigenvalue weighted by atomic mass is 10.3. The highest BCUT2D eigenvalue weighted by Crippen LogP contribution is 2.26. The van der Waals surface area contributed by atoms with Crippen LogP contribution in [0.3, 0.4) is 0 Å². The summed E-state index contributed by atoms with van der Waals surface area (Å²) in [6, 6.07) is 3.87. The van der Waals surface area contributed by atoms with Crippen LogP contribution in [0.4, 0.5) is 5.69 Å². The summed E-state index contributed by atoms with van der Waals surface area (Å²) in [5, 5.41) is 0.137. The van der Waals surface area contributed by atoms with Crippen molar-refractivity contribution >= 4 is 48.7 Å². The molecule has 0 saturated carbocycles. The third-order valence-electron chi connectivity index (χ3n) is 2.43. The monoisotopic (exact) mass is 359 g/mol. The predicted octanol–water partition coefficient (Wildman–Crippen LogP) is 2.50. The zero-order valence-corrected chi connectivity index (χ0v) is 13.9.